The lowest BCUT2D eigenvalue weighted by atomic mass is 9.96. The number of halogens is 2. The number of aryl methyl sites for hydroxylation is 1. The maximum atomic E-state index is 14.9. The average Bonchev–Trinajstić information content (AvgIpc) is 3.26. The molecule has 1 saturated heterocycles. The minimum absolute atomic E-state index is 0.0393. The summed E-state index contributed by atoms with van der Waals surface area (Å²) in [6.45, 7) is 3.24. The van der Waals surface area contributed by atoms with Crippen molar-refractivity contribution in [3.63, 3.8) is 0 Å². The molecule has 0 spiro atoms. The zero-order chi connectivity index (χ0) is 26.8. The van der Waals surface area contributed by atoms with E-state index in [0.717, 1.165) is 31.7 Å². The Hall–Kier alpha value is -3.59. The summed E-state index contributed by atoms with van der Waals surface area (Å²) in [4.78, 5) is 14.6. The van der Waals surface area contributed by atoms with Crippen molar-refractivity contribution in [1.29, 1.82) is 0 Å². The first-order valence-electron chi connectivity index (χ1n) is 12.5. The highest BCUT2D eigenvalue weighted by Crippen LogP contribution is 2.41. The van der Waals surface area contributed by atoms with Gasteiger partial charge in [0.2, 0.25) is 0 Å². The second kappa shape index (κ2) is 11.0. The number of methoxy groups -OCH3 is 1. The maximum Gasteiger partial charge on any atom is 0.332 e. The number of hydrogen-bond donors (Lipinski definition) is 2. The minimum Gasteiger partial charge on any atom is -0.507 e. The Kier molecular flexibility index (Phi) is 7.56. The van der Waals surface area contributed by atoms with Crippen LogP contribution < -0.4 is 15.9 Å². The number of piperazine rings is 1. The highest BCUT2D eigenvalue weighted by molar-refractivity contribution is 6.32. The Balaban J connectivity index is 1.48. The zero-order valence-electron chi connectivity index (χ0n) is 21.3. The average molecular weight is 537 g/mol. The molecule has 1 unspecified atom stereocenters. The monoisotopic (exact) mass is 536 g/mol. The Labute approximate surface area is 225 Å². The van der Waals surface area contributed by atoms with E-state index in [1.54, 1.807) is 44.8 Å². The van der Waals surface area contributed by atoms with Crippen molar-refractivity contribution >= 4 is 17.3 Å². The van der Waals surface area contributed by atoms with Gasteiger partial charge in [0.15, 0.2) is 0 Å². The fraction of sp³-hybridized carbons (Fsp3) is 0.276. The maximum absolute atomic E-state index is 14.9. The van der Waals surface area contributed by atoms with Crippen molar-refractivity contribution in [1.82, 2.24) is 14.5 Å². The predicted molar refractivity (Wildman–Crippen MR) is 149 cm³/mol. The molecule has 38 heavy (non-hydrogen) atoms. The summed E-state index contributed by atoms with van der Waals surface area (Å²) >= 11 is 6.53. The van der Waals surface area contributed by atoms with E-state index in [0.29, 0.717) is 45.6 Å². The van der Waals surface area contributed by atoms with E-state index in [2.05, 4.69) is 10.2 Å². The highest BCUT2D eigenvalue weighted by Gasteiger charge is 2.21. The van der Waals surface area contributed by atoms with E-state index in [1.165, 1.54) is 21.3 Å². The lowest BCUT2D eigenvalue weighted by Gasteiger charge is -2.35. The molecule has 4 aromatic rings. The summed E-state index contributed by atoms with van der Waals surface area (Å²) in [5, 5.41) is 15.1. The summed E-state index contributed by atoms with van der Waals surface area (Å²) in [5.41, 5.74) is 3.26. The molecule has 1 atom stereocenters. The SMILES string of the molecule is COCCC1CN(c2cccc(-c3cc(F)cc(-c4ccc(-n5ccn(C)c5=O)c(Cl)c4)c3O)c2)CCN1. The number of nitrogens with zero attached hydrogens (tertiary/aromatic N) is 3. The molecular weight excluding hydrogens is 507 g/mol. The van der Waals surface area contributed by atoms with Gasteiger partial charge in [-0.25, -0.2) is 9.18 Å². The first-order chi connectivity index (χ1) is 18.4. The van der Waals surface area contributed by atoms with Crippen molar-refractivity contribution in [2.75, 3.05) is 38.3 Å². The van der Waals surface area contributed by atoms with Gasteiger partial charge in [-0.1, -0.05) is 29.8 Å². The van der Waals surface area contributed by atoms with Gasteiger partial charge in [-0.15, -0.1) is 0 Å². The van der Waals surface area contributed by atoms with Crippen molar-refractivity contribution in [2.45, 2.75) is 12.5 Å². The number of aromatic nitrogens is 2. The van der Waals surface area contributed by atoms with E-state index in [9.17, 15) is 14.3 Å². The Bertz CT molecular complexity index is 1520. The van der Waals surface area contributed by atoms with Crippen molar-refractivity contribution < 1.29 is 14.2 Å². The van der Waals surface area contributed by atoms with Crippen LogP contribution in [0.3, 0.4) is 0 Å². The summed E-state index contributed by atoms with van der Waals surface area (Å²) in [6, 6.07) is 15.8. The number of nitrogens with one attached hydrogen (secondary N) is 1. The second-order valence-electron chi connectivity index (χ2n) is 9.51. The number of hydrogen-bond acceptors (Lipinski definition) is 5. The first kappa shape index (κ1) is 26.0. The lowest BCUT2D eigenvalue weighted by molar-refractivity contribution is 0.181. The zero-order valence-corrected chi connectivity index (χ0v) is 22.1. The number of benzene rings is 3. The fourth-order valence-corrected chi connectivity index (χ4v) is 5.21. The third kappa shape index (κ3) is 5.20. The number of ether oxygens (including phenoxy) is 1. The molecule has 3 aromatic carbocycles. The van der Waals surface area contributed by atoms with Gasteiger partial charge < -0.3 is 24.6 Å². The molecule has 0 amide bonds. The van der Waals surface area contributed by atoms with Gasteiger partial charge in [-0.05, 0) is 53.9 Å². The van der Waals surface area contributed by atoms with E-state index < -0.39 is 5.82 Å². The summed E-state index contributed by atoms with van der Waals surface area (Å²) < 4.78 is 23.0. The number of imidazole rings is 1. The molecule has 2 heterocycles. The predicted octanol–water partition coefficient (Wildman–Crippen LogP) is 4.82. The van der Waals surface area contributed by atoms with Crippen molar-refractivity contribution in [3.8, 4) is 33.7 Å². The third-order valence-corrected chi connectivity index (χ3v) is 7.29. The first-order valence-corrected chi connectivity index (χ1v) is 12.9. The van der Waals surface area contributed by atoms with Crippen LogP contribution in [0.2, 0.25) is 5.02 Å². The van der Waals surface area contributed by atoms with Gasteiger partial charge in [0.05, 0.1) is 10.7 Å². The Morgan fingerprint density at radius 1 is 1.11 bits per heavy atom. The molecule has 1 aliphatic rings. The van der Waals surface area contributed by atoms with Gasteiger partial charge in [0.25, 0.3) is 0 Å². The van der Waals surface area contributed by atoms with Crippen molar-refractivity contribution in [2.24, 2.45) is 7.05 Å². The van der Waals surface area contributed by atoms with Crippen LogP contribution in [0.4, 0.5) is 10.1 Å². The van der Waals surface area contributed by atoms with Crippen LogP contribution >= 0.6 is 11.6 Å². The molecular formula is C29H30ClFN4O3. The van der Waals surface area contributed by atoms with Crippen LogP contribution in [-0.2, 0) is 11.8 Å². The molecule has 2 N–H and O–H groups in total. The molecule has 0 radical (unpaired) electrons. The number of rotatable bonds is 7. The summed E-state index contributed by atoms with van der Waals surface area (Å²) in [6.07, 6.45) is 4.19. The minimum atomic E-state index is -0.473. The van der Waals surface area contributed by atoms with E-state index in [4.69, 9.17) is 16.3 Å². The molecule has 5 rings (SSSR count). The number of phenolic OH excluding ortho intramolecular Hbond substituents is 1. The normalized spacial score (nSPS) is 15.7. The Morgan fingerprint density at radius 2 is 1.87 bits per heavy atom. The molecule has 0 saturated carbocycles. The molecule has 0 bridgehead atoms. The quantitative estimate of drug-likeness (QED) is 0.354. The van der Waals surface area contributed by atoms with E-state index in [1.807, 2.05) is 24.3 Å². The second-order valence-corrected chi connectivity index (χ2v) is 9.91. The third-order valence-electron chi connectivity index (χ3n) is 6.99. The Morgan fingerprint density at radius 3 is 2.55 bits per heavy atom. The standard InChI is InChI=1S/C29H30ClFN4O3/c1-33-11-12-35(29(33)37)27-7-6-20(15-26(27)30)25-17-21(31)16-24(28(25)36)19-4-3-5-23(14-19)34-10-9-32-22(18-34)8-13-38-2/h3-7,11-12,14-17,22,32,36H,8-10,13,18H2,1-2H3. The largest absolute Gasteiger partial charge is 0.507 e. The molecule has 7 nitrogen and oxygen atoms in total. The molecule has 9 heteroatoms. The molecule has 1 aromatic heterocycles. The molecule has 1 fully saturated rings. The van der Waals surface area contributed by atoms with Gasteiger partial charge in [0.1, 0.15) is 11.6 Å². The van der Waals surface area contributed by atoms with Crippen molar-refractivity contribution in [3.05, 3.63) is 88.3 Å². The summed E-state index contributed by atoms with van der Waals surface area (Å²) in [7, 11) is 3.36. The van der Waals surface area contributed by atoms with Crippen LogP contribution in [0, 0.1) is 5.82 Å². The number of phenols is 1. The van der Waals surface area contributed by atoms with Gasteiger partial charge >= 0.3 is 5.69 Å². The van der Waals surface area contributed by atoms with Gasteiger partial charge in [0, 0.05) is 75.6 Å². The number of aromatic hydroxyl groups is 1. The van der Waals surface area contributed by atoms with Gasteiger partial charge in [-0.2, -0.15) is 0 Å². The van der Waals surface area contributed by atoms with Crippen LogP contribution in [-0.4, -0.2) is 53.6 Å². The summed E-state index contributed by atoms with van der Waals surface area (Å²) in [5.74, 6) is -0.512. The van der Waals surface area contributed by atoms with Gasteiger partial charge in [-0.3, -0.25) is 4.57 Å². The van der Waals surface area contributed by atoms with Crippen LogP contribution in [0.1, 0.15) is 6.42 Å². The van der Waals surface area contributed by atoms with E-state index in [-0.39, 0.29) is 11.4 Å². The smallest absolute Gasteiger partial charge is 0.332 e. The lowest BCUT2D eigenvalue weighted by Crippen LogP contribution is -2.51. The van der Waals surface area contributed by atoms with Crippen LogP contribution in [0.15, 0.2) is 71.8 Å². The molecule has 0 aliphatic carbocycles. The fourth-order valence-electron chi connectivity index (χ4n) is 4.94. The number of anilines is 1. The van der Waals surface area contributed by atoms with Crippen LogP contribution in [0.25, 0.3) is 27.9 Å². The topological polar surface area (TPSA) is 71.7 Å². The van der Waals surface area contributed by atoms with Crippen LogP contribution in [0.5, 0.6) is 5.75 Å². The highest BCUT2D eigenvalue weighted by atomic mass is 35.5. The van der Waals surface area contributed by atoms with E-state index >= 15 is 0 Å². The molecule has 198 valence electrons. The molecule has 1 aliphatic heterocycles.